The molecule has 0 amide bonds. The molecule has 4 aliphatic heterocycles. The van der Waals surface area contributed by atoms with Crippen molar-refractivity contribution >= 4 is 29.4 Å². The van der Waals surface area contributed by atoms with E-state index < -0.39 is 16.6 Å². The fraction of sp³-hybridized carbons (Fsp3) is 0.259. The van der Waals surface area contributed by atoms with E-state index in [1.165, 1.54) is 0 Å². The predicted octanol–water partition coefficient (Wildman–Crippen LogP) is 2.19. The standard InChI is InChI=1S/C27H26N6O/c1-17-15-33(16-28-17)27-10-9-21(31-27)12-20-6-5-18(29-20)11-19-7-8-22(30-19)13-26(4)24(34)25(2,3)23(14-27)32-26/h5-16,29,32H,1-4H3. The first-order valence-electron chi connectivity index (χ1n) is 11.4. The summed E-state index contributed by atoms with van der Waals surface area (Å²) in [4.78, 5) is 31.3. The Morgan fingerprint density at radius 1 is 0.971 bits per heavy atom. The quantitative estimate of drug-likeness (QED) is 0.698. The van der Waals surface area contributed by atoms with E-state index in [-0.39, 0.29) is 5.78 Å². The Kier molecular flexibility index (Phi) is 4.09. The number of aryl methyl sites for hydroxylation is 1. The van der Waals surface area contributed by atoms with E-state index in [4.69, 9.17) is 9.98 Å². The third-order valence-corrected chi connectivity index (χ3v) is 6.85. The number of carbonyl (C=O) groups excluding carboxylic acids is 1. The number of hydrogen-bond donors (Lipinski definition) is 2. The normalized spacial score (nSPS) is 28.5. The average molecular weight is 451 g/mol. The van der Waals surface area contributed by atoms with Crippen LogP contribution in [0.2, 0.25) is 0 Å². The number of allylic oxidation sites excluding steroid dienone is 4. The van der Waals surface area contributed by atoms with Crippen LogP contribution in [0.15, 0.2) is 82.5 Å². The topological polar surface area (TPSA) is 87.4 Å². The van der Waals surface area contributed by atoms with Gasteiger partial charge in [0.15, 0.2) is 11.4 Å². The number of aromatic amines is 1. The van der Waals surface area contributed by atoms with Gasteiger partial charge >= 0.3 is 0 Å². The van der Waals surface area contributed by atoms with Gasteiger partial charge in [0.25, 0.3) is 0 Å². The minimum absolute atomic E-state index is 0.0902. The van der Waals surface area contributed by atoms with Gasteiger partial charge in [-0.3, -0.25) is 4.79 Å². The number of hydrogen-bond acceptors (Lipinski definition) is 5. The lowest BCUT2D eigenvalue weighted by molar-refractivity contribution is -0.126. The first kappa shape index (κ1) is 20.6. The number of H-pyrrole nitrogens is 1. The summed E-state index contributed by atoms with van der Waals surface area (Å²) in [5, 5.41) is 5.43. The molecule has 7 heteroatoms. The van der Waals surface area contributed by atoms with Crippen molar-refractivity contribution in [1.29, 1.82) is 0 Å². The molecule has 0 radical (unpaired) electrons. The number of nitrogens with zero attached hydrogens (tertiary/aromatic N) is 4. The molecule has 6 heterocycles. The molecule has 4 aliphatic rings. The maximum atomic E-state index is 13.7. The van der Waals surface area contributed by atoms with E-state index >= 15 is 0 Å². The number of aliphatic imine (C=N–C) groups is 2. The summed E-state index contributed by atoms with van der Waals surface area (Å²) >= 11 is 0. The lowest BCUT2D eigenvalue weighted by Gasteiger charge is -2.26. The van der Waals surface area contributed by atoms with Gasteiger partial charge in [-0.25, -0.2) is 15.0 Å². The number of Topliss-reactive ketones (excluding diaryl/α,β-unsaturated/α-hetero) is 1. The van der Waals surface area contributed by atoms with Crippen LogP contribution in [0.5, 0.6) is 0 Å². The molecule has 170 valence electrons. The highest BCUT2D eigenvalue weighted by Gasteiger charge is 2.52. The van der Waals surface area contributed by atoms with Crippen molar-refractivity contribution in [3.63, 3.8) is 0 Å². The maximum absolute atomic E-state index is 13.7. The molecule has 2 atom stereocenters. The zero-order valence-electron chi connectivity index (χ0n) is 19.6. The minimum atomic E-state index is -0.891. The highest BCUT2D eigenvalue weighted by atomic mass is 16.1. The summed E-state index contributed by atoms with van der Waals surface area (Å²) in [7, 11) is 0. The third kappa shape index (κ3) is 3.11. The van der Waals surface area contributed by atoms with Crippen molar-refractivity contribution in [2.45, 2.75) is 38.9 Å². The van der Waals surface area contributed by atoms with Crippen LogP contribution in [-0.2, 0) is 10.5 Å². The number of fused-ring (bicyclic) bond motifs is 6. The molecular weight excluding hydrogens is 424 g/mol. The predicted molar refractivity (Wildman–Crippen MR) is 134 cm³/mol. The van der Waals surface area contributed by atoms with Gasteiger partial charge in [-0.15, -0.1) is 0 Å². The van der Waals surface area contributed by atoms with E-state index in [0.717, 1.165) is 39.2 Å². The highest BCUT2D eigenvalue weighted by molar-refractivity contribution is 6.20. The van der Waals surface area contributed by atoms with Crippen LogP contribution in [0.4, 0.5) is 0 Å². The van der Waals surface area contributed by atoms with E-state index in [1.807, 2.05) is 99.2 Å². The van der Waals surface area contributed by atoms with Crippen molar-refractivity contribution in [3.8, 4) is 0 Å². The molecule has 2 N–H and O–H groups in total. The number of imidazole rings is 1. The Morgan fingerprint density at radius 3 is 2.47 bits per heavy atom. The molecule has 34 heavy (non-hydrogen) atoms. The molecule has 1 fully saturated rings. The Hall–Kier alpha value is -4.00. The number of carbonyl (C=O) groups is 1. The number of aromatic nitrogens is 3. The van der Waals surface area contributed by atoms with Crippen LogP contribution in [-0.4, -0.2) is 37.3 Å². The van der Waals surface area contributed by atoms with E-state index in [2.05, 4.69) is 15.3 Å². The van der Waals surface area contributed by atoms with Gasteiger partial charge in [0.05, 0.1) is 34.6 Å². The molecular formula is C27H26N6O. The number of nitrogens with one attached hydrogen (secondary N) is 2. The molecule has 0 spiro atoms. The fourth-order valence-corrected chi connectivity index (χ4v) is 5.05. The maximum Gasteiger partial charge on any atom is 0.177 e. The van der Waals surface area contributed by atoms with Crippen LogP contribution in [0.1, 0.15) is 26.5 Å². The SMILES string of the molecule is Cc1cn(C23C=CC(=N2)C=c2ccc([nH]2)=CC2=NC(=CC4(C)NC(=C3)C(C)(C)C4=O)C=C2)cn1. The molecule has 2 unspecified atom stereocenters. The number of ketones is 1. The van der Waals surface area contributed by atoms with Crippen molar-refractivity contribution in [3.05, 3.63) is 88.9 Å². The largest absolute Gasteiger partial charge is 0.372 e. The summed E-state index contributed by atoms with van der Waals surface area (Å²) in [5.41, 5.74) is 1.70. The second-order valence-electron chi connectivity index (χ2n) is 10.0. The van der Waals surface area contributed by atoms with Crippen LogP contribution >= 0.6 is 0 Å². The summed E-state index contributed by atoms with van der Waals surface area (Å²) in [5.74, 6) is 0.0902. The molecule has 0 aliphatic carbocycles. The third-order valence-electron chi connectivity index (χ3n) is 6.85. The molecule has 8 bridgehead atoms. The van der Waals surface area contributed by atoms with Gasteiger partial charge in [0.2, 0.25) is 0 Å². The van der Waals surface area contributed by atoms with Crippen LogP contribution < -0.4 is 16.0 Å². The Labute approximate surface area is 197 Å². The summed E-state index contributed by atoms with van der Waals surface area (Å²) < 4.78 is 1.98. The van der Waals surface area contributed by atoms with E-state index in [1.54, 1.807) is 6.33 Å². The molecule has 1 saturated heterocycles. The van der Waals surface area contributed by atoms with Gasteiger partial charge in [0, 0.05) is 22.6 Å². The fourth-order valence-electron chi connectivity index (χ4n) is 5.05. The van der Waals surface area contributed by atoms with Gasteiger partial charge < -0.3 is 14.9 Å². The zero-order chi connectivity index (χ0) is 23.7. The average Bonchev–Trinajstić information content (AvgIpc) is 3.58. The van der Waals surface area contributed by atoms with E-state index in [9.17, 15) is 4.79 Å². The monoisotopic (exact) mass is 450 g/mol. The summed E-state index contributed by atoms with van der Waals surface area (Å²) in [6.07, 6.45) is 19.7. The molecule has 6 rings (SSSR count). The lowest BCUT2D eigenvalue weighted by atomic mass is 9.80. The Balaban J connectivity index is 1.63. The Morgan fingerprint density at radius 2 is 1.74 bits per heavy atom. The first-order chi connectivity index (χ1) is 16.2. The van der Waals surface area contributed by atoms with Gasteiger partial charge in [-0.05, 0) is 88.4 Å². The van der Waals surface area contributed by atoms with Crippen LogP contribution in [0, 0.1) is 12.3 Å². The van der Waals surface area contributed by atoms with Crippen molar-refractivity contribution in [2.24, 2.45) is 15.4 Å². The van der Waals surface area contributed by atoms with Crippen molar-refractivity contribution < 1.29 is 4.79 Å². The highest BCUT2D eigenvalue weighted by Crippen LogP contribution is 2.42. The second kappa shape index (κ2) is 6.76. The Bertz CT molecular complexity index is 1550. The van der Waals surface area contributed by atoms with E-state index in [0.29, 0.717) is 0 Å². The summed E-state index contributed by atoms with van der Waals surface area (Å²) in [6.45, 7) is 7.79. The van der Waals surface area contributed by atoms with Crippen LogP contribution in [0.25, 0.3) is 12.2 Å². The first-order valence-corrected chi connectivity index (χ1v) is 11.4. The smallest absolute Gasteiger partial charge is 0.177 e. The second-order valence-corrected chi connectivity index (χ2v) is 10.0. The zero-order valence-corrected chi connectivity index (χ0v) is 19.6. The molecule has 2 aromatic heterocycles. The van der Waals surface area contributed by atoms with Gasteiger partial charge in [0.1, 0.15) is 5.54 Å². The molecule has 0 aromatic carbocycles. The van der Waals surface area contributed by atoms with Crippen molar-refractivity contribution in [1.82, 2.24) is 19.9 Å². The molecule has 7 nitrogen and oxygen atoms in total. The van der Waals surface area contributed by atoms with Crippen molar-refractivity contribution in [2.75, 3.05) is 0 Å². The molecule has 2 aromatic rings. The number of rotatable bonds is 1. The van der Waals surface area contributed by atoms with Gasteiger partial charge in [-0.1, -0.05) is 0 Å². The van der Waals surface area contributed by atoms with Crippen LogP contribution in [0.3, 0.4) is 0 Å². The summed E-state index contributed by atoms with van der Waals surface area (Å²) in [6, 6.07) is 4.05. The minimum Gasteiger partial charge on any atom is -0.372 e. The van der Waals surface area contributed by atoms with Gasteiger partial charge in [-0.2, -0.15) is 0 Å². The lowest BCUT2D eigenvalue weighted by Crippen LogP contribution is -2.41. The molecule has 0 saturated carbocycles.